The van der Waals surface area contributed by atoms with E-state index in [4.69, 9.17) is 10.5 Å². The van der Waals surface area contributed by atoms with E-state index in [0.717, 1.165) is 5.56 Å². The van der Waals surface area contributed by atoms with Crippen LogP contribution in [0.25, 0.3) is 0 Å². The van der Waals surface area contributed by atoms with Crippen molar-refractivity contribution >= 4 is 35.7 Å². The van der Waals surface area contributed by atoms with Crippen LogP contribution in [0.3, 0.4) is 0 Å². The van der Waals surface area contributed by atoms with Gasteiger partial charge >= 0.3 is 5.97 Å². The molecule has 0 unspecified atom stereocenters. The van der Waals surface area contributed by atoms with E-state index in [1.165, 1.54) is 0 Å². The van der Waals surface area contributed by atoms with Gasteiger partial charge in [-0.2, -0.15) is 0 Å². The Hall–Kier alpha value is -2.47. The first-order valence-electron chi connectivity index (χ1n) is 6.97. The van der Waals surface area contributed by atoms with Gasteiger partial charge < -0.3 is 20.4 Å². The minimum atomic E-state index is -0.291. The number of benzene rings is 1. The lowest BCUT2D eigenvalue weighted by Gasteiger charge is -2.08. The fraction of sp³-hybridized carbons (Fsp3) is 0.250. The maximum absolute atomic E-state index is 12.2. The van der Waals surface area contributed by atoms with Crippen LogP contribution in [0, 0.1) is 0 Å². The molecule has 6 nitrogen and oxygen atoms in total. The summed E-state index contributed by atoms with van der Waals surface area (Å²) in [6, 6.07) is 8.72. The fourth-order valence-electron chi connectivity index (χ4n) is 2.15. The second kappa shape index (κ2) is 8.24. The molecule has 0 fully saturated rings. The van der Waals surface area contributed by atoms with E-state index >= 15 is 0 Å². The van der Waals surface area contributed by atoms with Crippen molar-refractivity contribution < 1.29 is 14.3 Å². The Bertz CT molecular complexity index is 698. The first kappa shape index (κ1) is 18.6. The highest BCUT2D eigenvalue weighted by molar-refractivity contribution is 6.03. The summed E-state index contributed by atoms with van der Waals surface area (Å²) in [5.41, 5.74) is 8.06. The molecule has 0 aliphatic carbocycles. The lowest BCUT2D eigenvalue weighted by molar-refractivity contribution is -0.142. The molecule has 1 aromatic carbocycles. The Kier molecular flexibility index (Phi) is 6.65. The zero-order valence-corrected chi connectivity index (χ0v) is 13.9. The Morgan fingerprint density at radius 2 is 2.04 bits per heavy atom. The molecule has 7 heteroatoms. The van der Waals surface area contributed by atoms with E-state index in [2.05, 4.69) is 5.32 Å². The fourth-order valence-corrected chi connectivity index (χ4v) is 2.15. The third-order valence-corrected chi connectivity index (χ3v) is 3.10. The Morgan fingerprint density at radius 3 is 2.65 bits per heavy atom. The number of esters is 1. The number of nitrogens with two attached hydrogens (primary N) is 1. The largest absolute Gasteiger partial charge is 0.466 e. The summed E-state index contributed by atoms with van der Waals surface area (Å²) in [5.74, 6) is -0.548. The zero-order valence-electron chi connectivity index (χ0n) is 13.0. The number of carbonyl (C=O) groups is 2. The van der Waals surface area contributed by atoms with E-state index in [1.807, 2.05) is 6.07 Å². The van der Waals surface area contributed by atoms with Crippen molar-refractivity contribution in [2.75, 3.05) is 17.7 Å². The molecular formula is C16H20ClN3O3. The molecule has 0 radical (unpaired) electrons. The maximum atomic E-state index is 12.2. The molecule has 0 aliphatic rings. The summed E-state index contributed by atoms with van der Waals surface area (Å²) in [5, 5.41) is 2.79. The molecule has 0 spiro atoms. The quantitative estimate of drug-likeness (QED) is 0.820. The highest BCUT2D eigenvalue weighted by atomic mass is 35.5. The molecule has 1 heterocycles. The molecule has 124 valence electrons. The van der Waals surface area contributed by atoms with Gasteiger partial charge in [0, 0.05) is 18.9 Å². The van der Waals surface area contributed by atoms with Crippen LogP contribution in [0.1, 0.15) is 23.0 Å². The summed E-state index contributed by atoms with van der Waals surface area (Å²) >= 11 is 0. The van der Waals surface area contributed by atoms with Crippen LogP contribution in [-0.4, -0.2) is 23.1 Å². The van der Waals surface area contributed by atoms with Crippen molar-refractivity contribution in [2.45, 2.75) is 13.3 Å². The Labute approximate surface area is 141 Å². The number of hydrogen-bond acceptors (Lipinski definition) is 4. The molecule has 0 saturated carbocycles. The lowest BCUT2D eigenvalue weighted by atomic mass is 10.1. The topological polar surface area (TPSA) is 86.3 Å². The Morgan fingerprint density at radius 1 is 1.30 bits per heavy atom. The predicted octanol–water partition coefficient (Wildman–Crippen LogP) is 2.39. The van der Waals surface area contributed by atoms with E-state index in [9.17, 15) is 9.59 Å². The van der Waals surface area contributed by atoms with Crippen LogP contribution in [0.2, 0.25) is 0 Å². The third kappa shape index (κ3) is 5.03. The molecule has 23 heavy (non-hydrogen) atoms. The van der Waals surface area contributed by atoms with Crippen molar-refractivity contribution in [3.05, 3.63) is 47.8 Å². The van der Waals surface area contributed by atoms with E-state index in [0.29, 0.717) is 23.7 Å². The summed E-state index contributed by atoms with van der Waals surface area (Å²) < 4.78 is 6.57. The van der Waals surface area contributed by atoms with Gasteiger partial charge in [0.2, 0.25) is 0 Å². The van der Waals surface area contributed by atoms with Crippen molar-refractivity contribution in [3.63, 3.8) is 0 Å². The number of nitrogens with zero attached hydrogens (tertiary/aromatic N) is 1. The molecule has 1 amide bonds. The number of amides is 1. The average molecular weight is 338 g/mol. The number of halogens is 1. The summed E-state index contributed by atoms with van der Waals surface area (Å²) in [4.78, 5) is 23.7. The number of carbonyl (C=O) groups excluding carboxylic acids is 2. The number of nitrogens with one attached hydrogen (secondary N) is 1. The normalized spacial score (nSPS) is 9.83. The second-order valence-electron chi connectivity index (χ2n) is 4.91. The number of aryl methyl sites for hydroxylation is 1. The smallest absolute Gasteiger partial charge is 0.310 e. The van der Waals surface area contributed by atoms with Crippen molar-refractivity contribution in [3.8, 4) is 0 Å². The van der Waals surface area contributed by atoms with Crippen LogP contribution < -0.4 is 11.1 Å². The minimum absolute atomic E-state index is 0. The SMILES string of the molecule is CCOC(=O)Cc1cccc(NC(=O)c2cc(N)cn2C)c1.Cl. The highest BCUT2D eigenvalue weighted by Crippen LogP contribution is 2.15. The molecular weight excluding hydrogens is 318 g/mol. The second-order valence-corrected chi connectivity index (χ2v) is 4.91. The maximum Gasteiger partial charge on any atom is 0.310 e. The number of anilines is 2. The molecule has 0 aliphatic heterocycles. The van der Waals surface area contributed by atoms with E-state index in [1.54, 1.807) is 49.0 Å². The van der Waals surface area contributed by atoms with Gasteiger partial charge in [0.15, 0.2) is 0 Å². The average Bonchev–Trinajstić information content (AvgIpc) is 2.78. The monoisotopic (exact) mass is 337 g/mol. The van der Waals surface area contributed by atoms with E-state index in [-0.39, 0.29) is 30.7 Å². The number of nitrogen functional groups attached to an aromatic ring is 1. The molecule has 0 atom stereocenters. The zero-order chi connectivity index (χ0) is 16.1. The van der Waals surface area contributed by atoms with Crippen LogP contribution in [0.5, 0.6) is 0 Å². The van der Waals surface area contributed by atoms with Gasteiger partial charge in [-0.1, -0.05) is 12.1 Å². The first-order chi connectivity index (χ1) is 10.5. The number of ether oxygens (including phenoxy) is 1. The van der Waals surface area contributed by atoms with Gasteiger partial charge in [0.05, 0.1) is 18.7 Å². The van der Waals surface area contributed by atoms with Crippen LogP contribution in [0.15, 0.2) is 36.5 Å². The molecule has 2 aromatic rings. The highest BCUT2D eigenvalue weighted by Gasteiger charge is 2.12. The van der Waals surface area contributed by atoms with Gasteiger partial charge in [0.25, 0.3) is 5.91 Å². The number of aromatic nitrogens is 1. The number of rotatable bonds is 5. The Balaban J connectivity index is 0.00000264. The molecule has 1 aromatic heterocycles. The summed E-state index contributed by atoms with van der Waals surface area (Å²) in [7, 11) is 1.75. The van der Waals surface area contributed by atoms with E-state index < -0.39 is 0 Å². The third-order valence-electron chi connectivity index (χ3n) is 3.10. The number of hydrogen-bond donors (Lipinski definition) is 2. The lowest BCUT2D eigenvalue weighted by Crippen LogP contribution is -2.15. The van der Waals surface area contributed by atoms with Gasteiger partial charge in [-0.3, -0.25) is 9.59 Å². The van der Waals surface area contributed by atoms with Crippen molar-refractivity contribution in [1.29, 1.82) is 0 Å². The van der Waals surface area contributed by atoms with Gasteiger partial charge in [0.1, 0.15) is 5.69 Å². The first-order valence-corrected chi connectivity index (χ1v) is 6.97. The molecule has 0 bridgehead atoms. The van der Waals surface area contributed by atoms with Gasteiger partial charge in [-0.25, -0.2) is 0 Å². The van der Waals surface area contributed by atoms with Gasteiger partial charge in [-0.15, -0.1) is 12.4 Å². The minimum Gasteiger partial charge on any atom is -0.466 e. The van der Waals surface area contributed by atoms with Crippen LogP contribution in [-0.2, 0) is 23.0 Å². The van der Waals surface area contributed by atoms with Crippen molar-refractivity contribution in [1.82, 2.24) is 4.57 Å². The summed E-state index contributed by atoms with van der Waals surface area (Å²) in [6.45, 7) is 2.12. The standard InChI is InChI=1S/C16H19N3O3.ClH/c1-3-22-15(20)8-11-5-4-6-13(7-11)18-16(21)14-9-12(17)10-19(14)2;/h4-7,9-10H,3,8,17H2,1-2H3,(H,18,21);1H. The molecule has 3 N–H and O–H groups in total. The summed E-state index contributed by atoms with van der Waals surface area (Å²) in [6.07, 6.45) is 1.85. The van der Waals surface area contributed by atoms with Gasteiger partial charge in [-0.05, 0) is 30.7 Å². The van der Waals surface area contributed by atoms with Crippen LogP contribution in [0.4, 0.5) is 11.4 Å². The molecule has 0 saturated heterocycles. The molecule has 2 rings (SSSR count). The predicted molar refractivity (Wildman–Crippen MR) is 91.8 cm³/mol. The van der Waals surface area contributed by atoms with Crippen LogP contribution >= 0.6 is 12.4 Å². The van der Waals surface area contributed by atoms with Crippen molar-refractivity contribution in [2.24, 2.45) is 7.05 Å².